The molecule has 0 bridgehead atoms. The molecule has 1 aliphatic heterocycles. The Morgan fingerprint density at radius 3 is 2.91 bits per heavy atom. The van der Waals surface area contributed by atoms with Crippen LogP contribution in [0.3, 0.4) is 0 Å². The molecule has 23 heavy (non-hydrogen) atoms. The van der Waals surface area contributed by atoms with Gasteiger partial charge in [-0.15, -0.1) is 0 Å². The van der Waals surface area contributed by atoms with Gasteiger partial charge < -0.3 is 14.8 Å². The van der Waals surface area contributed by atoms with Crippen molar-refractivity contribution in [2.45, 2.75) is 18.4 Å². The van der Waals surface area contributed by atoms with E-state index in [1.54, 1.807) is 19.4 Å². The van der Waals surface area contributed by atoms with E-state index in [1.807, 2.05) is 12.1 Å². The smallest absolute Gasteiger partial charge is 0.103 e. The summed E-state index contributed by atoms with van der Waals surface area (Å²) in [7, 11) is 1.72. The molecule has 1 aliphatic rings. The maximum atomic E-state index is 9.39. The lowest BCUT2D eigenvalue weighted by Gasteiger charge is -2.36. The van der Waals surface area contributed by atoms with Crippen LogP contribution >= 0.6 is 11.6 Å². The van der Waals surface area contributed by atoms with Crippen LogP contribution in [0.5, 0.6) is 0 Å². The number of nitriles is 1. The van der Waals surface area contributed by atoms with Gasteiger partial charge in [-0.2, -0.15) is 5.26 Å². The molecule has 6 heteroatoms. The zero-order chi connectivity index (χ0) is 16.3. The minimum Gasteiger partial charge on any atom is -0.381 e. The highest BCUT2D eigenvalue weighted by atomic mass is 35.5. The van der Waals surface area contributed by atoms with E-state index in [0.717, 1.165) is 29.4 Å². The molecule has 0 spiro atoms. The average molecular weight is 332 g/mol. The van der Waals surface area contributed by atoms with Crippen molar-refractivity contribution in [2.75, 3.05) is 32.2 Å². The van der Waals surface area contributed by atoms with Crippen molar-refractivity contribution in [1.82, 2.24) is 4.98 Å². The number of nitrogens with one attached hydrogen (secondary N) is 1. The van der Waals surface area contributed by atoms with Gasteiger partial charge in [-0.3, -0.25) is 4.98 Å². The van der Waals surface area contributed by atoms with Gasteiger partial charge >= 0.3 is 0 Å². The largest absolute Gasteiger partial charge is 0.381 e. The molecule has 3 rings (SSSR count). The zero-order valence-corrected chi connectivity index (χ0v) is 13.7. The van der Waals surface area contributed by atoms with Crippen LogP contribution in [0, 0.1) is 11.3 Å². The Bertz CT molecular complexity index is 751. The van der Waals surface area contributed by atoms with Gasteiger partial charge in [-0.1, -0.05) is 11.6 Å². The molecule has 1 saturated heterocycles. The Morgan fingerprint density at radius 2 is 2.22 bits per heavy atom. The number of nitrogens with zero attached hydrogens (tertiary/aromatic N) is 2. The summed E-state index contributed by atoms with van der Waals surface area (Å²) in [4.78, 5) is 4.31. The summed E-state index contributed by atoms with van der Waals surface area (Å²) in [5.74, 6) is 0. The Balaban J connectivity index is 1.95. The number of fused-ring (bicyclic) bond motifs is 1. The Labute approximate surface area is 140 Å². The predicted octanol–water partition coefficient (Wildman–Crippen LogP) is 3.37. The van der Waals surface area contributed by atoms with Crippen molar-refractivity contribution >= 4 is 28.2 Å². The summed E-state index contributed by atoms with van der Waals surface area (Å²) in [6.07, 6.45) is 3.23. The number of hydrogen-bond acceptors (Lipinski definition) is 5. The number of aromatic nitrogens is 1. The summed E-state index contributed by atoms with van der Waals surface area (Å²) in [6, 6.07) is 7.67. The Morgan fingerprint density at radius 1 is 1.43 bits per heavy atom. The van der Waals surface area contributed by atoms with Crippen molar-refractivity contribution < 1.29 is 9.47 Å². The number of rotatable bonds is 4. The summed E-state index contributed by atoms with van der Waals surface area (Å²) in [5.41, 5.74) is 1.77. The number of pyridine rings is 1. The Kier molecular flexibility index (Phi) is 4.67. The fourth-order valence-electron chi connectivity index (χ4n) is 2.89. The highest BCUT2D eigenvalue weighted by Gasteiger charge is 2.32. The van der Waals surface area contributed by atoms with Crippen LogP contribution in [0.4, 0.5) is 5.69 Å². The van der Waals surface area contributed by atoms with Crippen molar-refractivity contribution in [3.05, 3.63) is 35.0 Å². The third-order valence-corrected chi connectivity index (χ3v) is 4.61. The van der Waals surface area contributed by atoms with E-state index in [1.165, 1.54) is 0 Å². The van der Waals surface area contributed by atoms with Gasteiger partial charge in [-0.05, 0) is 18.2 Å². The van der Waals surface area contributed by atoms with Crippen LogP contribution in [-0.4, -0.2) is 37.5 Å². The molecule has 1 aromatic heterocycles. The second-order valence-corrected chi connectivity index (χ2v) is 6.11. The lowest BCUT2D eigenvalue weighted by atomic mass is 9.93. The first-order chi connectivity index (χ1) is 11.2. The molecular formula is C17H18ClN3O2. The lowest BCUT2D eigenvalue weighted by Crippen LogP contribution is -2.44. The normalized spacial score (nSPS) is 16.9. The molecule has 1 N–H and O–H groups in total. The van der Waals surface area contributed by atoms with Crippen LogP contribution in [0.1, 0.15) is 18.4 Å². The summed E-state index contributed by atoms with van der Waals surface area (Å²) in [6.45, 7) is 1.97. The number of anilines is 1. The maximum absolute atomic E-state index is 9.39. The second-order valence-electron chi connectivity index (χ2n) is 5.67. The monoisotopic (exact) mass is 331 g/mol. The molecule has 0 atom stereocenters. The average Bonchev–Trinajstić information content (AvgIpc) is 2.60. The number of benzene rings is 1. The molecule has 0 saturated carbocycles. The SMILES string of the molecule is COC1(CNc2c(C#N)cnc3ccc(Cl)cc23)CCOCC1. The molecule has 0 unspecified atom stereocenters. The molecule has 1 fully saturated rings. The van der Waals surface area contributed by atoms with Gasteiger partial charge in [0.2, 0.25) is 0 Å². The fourth-order valence-corrected chi connectivity index (χ4v) is 3.06. The minimum atomic E-state index is -0.279. The van der Waals surface area contributed by atoms with Crippen LogP contribution in [0.2, 0.25) is 5.02 Å². The van der Waals surface area contributed by atoms with Gasteiger partial charge in [0.25, 0.3) is 0 Å². The molecular weight excluding hydrogens is 314 g/mol. The van der Waals surface area contributed by atoms with Crippen molar-refractivity contribution in [1.29, 1.82) is 5.26 Å². The van der Waals surface area contributed by atoms with E-state index in [-0.39, 0.29) is 5.60 Å². The van der Waals surface area contributed by atoms with Gasteiger partial charge in [0, 0.05) is 56.3 Å². The van der Waals surface area contributed by atoms with Gasteiger partial charge in [0.15, 0.2) is 0 Å². The van der Waals surface area contributed by atoms with Crippen LogP contribution < -0.4 is 5.32 Å². The topological polar surface area (TPSA) is 67.2 Å². The number of ether oxygens (including phenoxy) is 2. The first-order valence-electron chi connectivity index (χ1n) is 7.53. The maximum Gasteiger partial charge on any atom is 0.103 e. The fraction of sp³-hybridized carbons (Fsp3) is 0.412. The van der Waals surface area contributed by atoms with E-state index in [2.05, 4.69) is 16.4 Å². The van der Waals surface area contributed by atoms with Gasteiger partial charge in [-0.25, -0.2) is 0 Å². The van der Waals surface area contributed by atoms with Crippen molar-refractivity contribution in [3.8, 4) is 6.07 Å². The third kappa shape index (κ3) is 3.25. The number of methoxy groups -OCH3 is 1. The molecule has 2 aromatic rings. The molecule has 1 aromatic carbocycles. The first-order valence-corrected chi connectivity index (χ1v) is 7.90. The molecule has 120 valence electrons. The molecule has 0 radical (unpaired) electrons. The minimum absolute atomic E-state index is 0.279. The first kappa shape index (κ1) is 16.0. The zero-order valence-electron chi connectivity index (χ0n) is 12.9. The molecule has 0 aliphatic carbocycles. The van der Waals surface area contributed by atoms with E-state index in [4.69, 9.17) is 21.1 Å². The van der Waals surface area contributed by atoms with E-state index in [0.29, 0.717) is 30.3 Å². The van der Waals surface area contributed by atoms with E-state index in [9.17, 15) is 5.26 Å². The van der Waals surface area contributed by atoms with Crippen LogP contribution in [0.25, 0.3) is 10.9 Å². The van der Waals surface area contributed by atoms with Gasteiger partial charge in [0.1, 0.15) is 6.07 Å². The van der Waals surface area contributed by atoms with Crippen molar-refractivity contribution in [2.24, 2.45) is 0 Å². The summed E-state index contributed by atoms with van der Waals surface area (Å²) >= 11 is 6.11. The summed E-state index contributed by atoms with van der Waals surface area (Å²) < 4.78 is 11.2. The highest BCUT2D eigenvalue weighted by Crippen LogP contribution is 2.30. The van der Waals surface area contributed by atoms with E-state index < -0.39 is 0 Å². The standard InChI is InChI=1S/C17H18ClN3O2/c1-22-17(4-6-23-7-5-17)11-21-16-12(9-19)10-20-15-3-2-13(18)8-14(15)16/h2-3,8,10H,4-7,11H2,1H3,(H,20,21). The number of halogens is 1. The third-order valence-electron chi connectivity index (χ3n) is 4.37. The molecule has 5 nitrogen and oxygen atoms in total. The number of hydrogen-bond donors (Lipinski definition) is 1. The second kappa shape index (κ2) is 6.71. The van der Waals surface area contributed by atoms with Crippen LogP contribution in [0.15, 0.2) is 24.4 Å². The molecule has 2 heterocycles. The Hall–Kier alpha value is -1.87. The van der Waals surface area contributed by atoms with E-state index >= 15 is 0 Å². The molecule has 0 amide bonds. The van der Waals surface area contributed by atoms with Crippen LogP contribution in [-0.2, 0) is 9.47 Å². The van der Waals surface area contributed by atoms with Gasteiger partial charge in [0.05, 0.1) is 22.4 Å². The van der Waals surface area contributed by atoms with Crippen molar-refractivity contribution in [3.63, 3.8) is 0 Å². The quantitative estimate of drug-likeness (QED) is 0.930. The highest BCUT2D eigenvalue weighted by molar-refractivity contribution is 6.31. The lowest BCUT2D eigenvalue weighted by molar-refractivity contribution is -0.0807. The predicted molar refractivity (Wildman–Crippen MR) is 89.8 cm³/mol. The summed E-state index contributed by atoms with van der Waals surface area (Å²) in [5, 5.41) is 14.2.